The van der Waals surface area contributed by atoms with E-state index < -0.39 is 18.0 Å². The highest BCUT2D eigenvalue weighted by Crippen LogP contribution is 2.24. The number of aliphatic carboxylic acids is 2. The van der Waals surface area contributed by atoms with Crippen molar-refractivity contribution in [2.75, 3.05) is 13.7 Å². The second-order valence-electron chi connectivity index (χ2n) is 3.61. The number of rotatable bonds is 7. The maximum atomic E-state index is 11.2. The number of carbonyl (C=O) groups is 2. The fourth-order valence-corrected chi connectivity index (χ4v) is 1.56. The third-order valence-electron chi connectivity index (χ3n) is 2.38. The van der Waals surface area contributed by atoms with Gasteiger partial charge in [-0.05, 0) is 6.07 Å². The molecule has 0 aliphatic heterocycles. The van der Waals surface area contributed by atoms with E-state index in [0.717, 1.165) is 0 Å². The number of hydrogen-bond acceptors (Lipinski definition) is 4. The molecule has 1 aromatic carbocycles. The fraction of sp³-hybridized carbons (Fsp3) is 0.333. The second kappa shape index (κ2) is 6.61. The van der Waals surface area contributed by atoms with Crippen LogP contribution in [0.1, 0.15) is 18.0 Å². The van der Waals surface area contributed by atoms with Crippen molar-refractivity contribution in [1.82, 2.24) is 5.32 Å². The van der Waals surface area contributed by atoms with Gasteiger partial charge in [-0.15, -0.1) is 0 Å². The number of hydrogen-bond donors (Lipinski definition) is 3. The van der Waals surface area contributed by atoms with Crippen LogP contribution in [0, 0.1) is 0 Å². The van der Waals surface area contributed by atoms with Crippen molar-refractivity contribution in [1.29, 1.82) is 0 Å². The summed E-state index contributed by atoms with van der Waals surface area (Å²) >= 11 is 0. The van der Waals surface area contributed by atoms with Gasteiger partial charge in [-0.2, -0.15) is 0 Å². The molecule has 0 fully saturated rings. The van der Waals surface area contributed by atoms with E-state index in [4.69, 9.17) is 14.9 Å². The average molecular weight is 253 g/mol. The first-order valence-electron chi connectivity index (χ1n) is 5.37. The smallest absolute Gasteiger partial charge is 0.325 e. The van der Waals surface area contributed by atoms with Crippen molar-refractivity contribution < 1.29 is 24.5 Å². The Kier molecular flexibility index (Phi) is 5.13. The summed E-state index contributed by atoms with van der Waals surface area (Å²) in [5.74, 6) is -1.61. The molecule has 3 N–H and O–H groups in total. The van der Waals surface area contributed by atoms with Gasteiger partial charge in [0.25, 0.3) is 0 Å². The maximum Gasteiger partial charge on any atom is 0.325 e. The van der Waals surface area contributed by atoms with E-state index in [0.29, 0.717) is 11.3 Å². The summed E-state index contributed by atoms with van der Waals surface area (Å²) in [7, 11) is 1.45. The van der Waals surface area contributed by atoms with Gasteiger partial charge < -0.3 is 20.3 Å². The molecule has 6 nitrogen and oxygen atoms in total. The lowest BCUT2D eigenvalue weighted by molar-refractivity contribution is -0.141. The average Bonchev–Trinajstić information content (AvgIpc) is 2.34. The van der Waals surface area contributed by atoms with Gasteiger partial charge in [-0.3, -0.25) is 9.59 Å². The lowest BCUT2D eigenvalue weighted by atomic mass is 10.1. The highest BCUT2D eigenvalue weighted by atomic mass is 16.5. The molecule has 0 heterocycles. The monoisotopic (exact) mass is 253 g/mol. The SMILES string of the molecule is COc1ccccc1C(NCCC(=O)O)C(=O)O. The molecule has 0 saturated heterocycles. The predicted octanol–water partition coefficient (Wildman–Crippen LogP) is 0.885. The van der Waals surface area contributed by atoms with Crippen LogP contribution in [0.15, 0.2) is 24.3 Å². The fourth-order valence-electron chi connectivity index (χ4n) is 1.56. The van der Waals surface area contributed by atoms with E-state index in [1.165, 1.54) is 7.11 Å². The molecule has 0 aromatic heterocycles. The molecule has 1 rings (SSSR count). The Balaban J connectivity index is 2.84. The highest BCUT2D eigenvalue weighted by Gasteiger charge is 2.22. The molecule has 1 unspecified atom stereocenters. The van der Waals surface area contributed by atoms with Gasteiger partial charge in [-0.25, -0.2) is 0 Å². The van der Waals surface area contributed by atoms with Crippen LogP contribution in [-0.4, -0.2) is 35.8 Å². The summed E-state index contributed by atoms with van der Waals surface area (Å²) in [6, 6.07) is 5.74. The molecule has 0 bridgehead atoms. The van der Waals surface area contributed by atoms with Crippen LogP contribution < -0.4 is 10.1 Å². The number of carboxylic acids is 2. The van der Waals surface area contributed by atoms with E-state index >= 15 is 0 Å². The molecule has 0 spiro atoms. The minimum atomic E-state index is -1.08. The van der Waals surface area contributed by atoms with Gasteiger partial charge >= 0.3 is 11.9 Å². The lowest BCUT2D eigenvalue weighted by Crippen LogP contribution is -2.30. The van der Waals surface area contributed by atoms with E-state index in [1.54, 1.807) is 24.3 Å². The first-order valence-corrected chi connectivity index (χ1v) is 5.37. The number of benzene rings is 1. The number of ether oxygens (including phenoxy) is 1. The Hall–Kier alpha value is -2.08. The van der Waals surface area contributed by atoms with Gasteiger partial charge in [0.2, 0.25) is 0 Å². The molecule has 1 aromatic rings. The Morgan fingerprint density at radius 1 is 1.33 bits per heavy atom. The summed E-state index contributed by atoms with van der Waals surface area (Å²) < 4.78 is 5.08. The zero-order valence-electron chi connectivity index (χ0n) is 9.92. The van der Waals surface area contributed by atoms with Crippen LogP contribution in [0.3, 0.4) is 0 Å². The van der Waals surface area contributed by atoms with Crippen molar-refractivity contribution in [3.8, 4) is 5.75 Å². The molecule has 98 valence electrons. The van der Waals surface area contributed by atoms with E-state index in [1.807, 2.05) is 0 Å². The largest absolute Gasteiger partial charge is 0.496 e. The third kappa shape index (κ3) is 3.74. The standard InChI is InChI=1S/C12H15NO5/c1-18-9-5-3-2-4-8(9)11(12(16)17)13-7-6-10(14)15/h2-5,11,13H,6-7H2,1H3,(H,14,15)(H,16,17). The summed E-state index contributed by atoms with van der Waals surface area (Å²) in [6.07, 6.45) is -0.140. The summed E-state index contributed by atoms with van der Waals surface area (Å²) in [4.78, 5) is 21.6. The number of carboxylic acid groups (broad SMARTS) is 2. The molecular formula is C12H15NO5. The van der Waals surface area contributed by atoms with E-state index in [2.05, 4.69) is 5.32 Å². The minimum absolute atomic E-state index is 0.0738. The first-order chi connectivity index (χ1) is 8.56. The van der Waals surface area contributed by atoms with Crippen molar-refractivity contribution in [3.63, 3.8) is 0 Å². The Morgan fingerprint density at radius 2 is 2.00 bits per heavy atom. The summed E-state index contributed by atoms with van der Waals surface area (Å²) in [6.45, 7) is 0.0738. The van der Waals surface area contributed by atoms with Crippen LogP contribution in [0.2, 0.25) is 0 Å². The van der Waals surface area contributed by atoms with Gasteiger partial charge in [0, 0.05) is 12.1 Å². The van der Waals surface area contributed by atoms with Crippen LogP contribution in [0.25, 0.3) is 0 Å². The normalized spacial score (nSPS) is 11.8. The van der Waals surface area contributed by atoms with E-state index in [9.17, 15) is 9.59 Å². The van der Waals surface area contributed by atoms with Crippen LogP contribution in [0.5, 0.6) is 5.75 Å². The second-order valence-corrected chi connectivity index (χ2v) is 3.61. The minimum Gasteiger partial charge on any atom is -0.496 e. The Labute approximate surface area is 104 Å². The van der Waals surface area contributed by atoms with Gasteiger partial charge in [0.05, 0.1) is 13.5 Å². The zero-order chi connectivity index (χ0) is 13.5. The maximum absolute atomic E-state index is 11.2. The van der Waals surface area contributed by atoms with Crippen LogP contribution in [0.4, 0.5) is 0 Å². The number of nitrogens with one attached hydrogen (secondary N) is 1. The molecule has 0 radical (unpaired) electrons. The van der Waals surface area contributed by atoms with Crippen molar-refractivity contribution >= 4 is 11.9 Å². The summed E-state index contributed by atoms with van der Waals surface area (Å²) in [5, 5.41) is 20.4. The zero-order valence-corrected chi connectivity index (χ0v) is 9.92. The molecule has 18 heavy (non-hydrogen) atoms. The topological polar surface area (TPSA) is 95.9 Å². The third-order valence-corrected chi connectivity index (χ3v) is 2.38. The highest BCUT2D eigenvalue weighted by molar-refractivity contribution is 5.76. The molecule has 1 atom stereocenters. The molecular weight excluding hydrogens is 238 g/mol. The Morgan fingerprint density at radius 3 is 2.56 bits per heavy atom. The lowest BCUT2D eigenvalue weighted by Gasteiger charge is -2.17. The molecule has 0 amide bonds. The number of methoxy groups -OCH3 is 1. The molecule has 0 saturated carbocycles. The van der Waals surface area contributed by atoms with Gasteiger partial charge in [0.15, 0.2) is 0 Å². The van der Waals surface area contributed by atoms with Gasteiger partial charge in [0.1, 0.15) is 11.8 Å². The molecule has 0 aliphatic carbocycles. The Bertz CT molecular complexity index is 432. The predicted molar refractivity (Wildman–Crippen MR) is 63.6 cm³/mol. The van der Waals surface area contributed by atoms with Crippen LogP contribution >= 0.6 is 0 Å². The van der Waals surface area contributed by atoms with Gasteiger partial charge in [-0.1, -0.05) is 18.2 Å². The quantitative estimate of drug-likeness (QED) is 0.667. The molecule has 6 heteroatoms. The van der Waals surface area contributed by atoms with Crippen molar-refractivity contribution in [3.05, 3.63) is 29.8 Å². The van der Waals surface area contributed by atoms with E-state index in [-0.39, 0.29) is 13.0 Å². The van der Waals surface area contributed by atoms with Crippen molar-refractivity contribution in [2.24, 2.45) is 0 Å². The molecule has 0 aliphatic rings. The first kappa shape index (κ1) is 14.0. The number of para-hydroxylation sites is 1. The summed E-state index contributed by atoms with van der Waals surface area (Å²) in [5.41, 5.74) is 0.470. The van der Waals surface area contributed by atoms with Crippen LogP contribution in [-0.2, 0) is 9.59 Å². The van der Waals surface area contributed by atoms with Crippen molar-refractivity contribution in [2.45, 2.75) is 12.5 Å².